The van der Waals surface area contributed by atoms with Gasteiger partial charge in [-0.1, -0.05) is 0 Å². The van der Waals surface area contributed by atoms with Gasteiger partial charge in [0.25, 0.3) is 12.5 Å². The summed E-state index contributed by atoms with van der Waals surface area (Å²) in [4.78, 5) is 20.1. The minimum Gasteiger partial charge on any atom is -1.00 e. The molecule has 0 spiro atoms. The average molecular weight is 148 g/mol. The molecule has 0 aromatic heterocycles. The smallest absolute Gasteiger partial charge is 1.00 e. The standard InChI is InChI=1S/C4N2O4.Li.H/c5-1-9-3(7)4(8)10-2-6;;/q;+1;-1. The van der Waals surface area contributed by atoms with Crippen molar-refractivity contribution in [1.82, 2.24) is 0 Å². The molecule has 0 unspecified atom stereocenters. The fourth-order valence-electron chi connectivity index (χ4n) is 0.166. The zero-order chi connectivity index (χ0) is 7.98. The van der Waals surface area contributed by atoms with Crippen molar-refractivity contribution in [3.63, 3.8) is 0 Å². The van der Waals surface area contributed by atoms with Crippen LogP contribution in [0.3, 0.4) is 0 Å². The van der Waals surface area contributed by atoms with Crippen LogP contribution in [0.5, 0.6) is 0 Å². The zero-order valence-corrected chi connectivity index (χ0v) is 5.53. The summed E-state index contributed by atoms with van der Waals surface area (Å²) >= 11 is 0. The molecule has 7 heteroatoms. The summed E-state index contributed by atoms with van der Waals surface area (Å²) in [7, 11) is 0. The Morgan fingerprint density at radius 3 is 1.55 bits per heavy atom. The van der Waals surface area contributed by atoms with Crippen LogP contribution in [0.25, 0.3) is 0 Å². The van der Waals surface area contributed by atoms with Crippen LogP contribution in [0, 0.1) is 23.0 Å². The molecule has 0 atom stereocenters. The van der Waals surface area contributed by atoms with E-state index in [1.54, 1.807) is 0 Å². The first-order valence-corrected chi connectivity index (χ1v) is 1.92. The van der Waals surface area contributed by atoms with E-state index in [2.05, 4.69) is 9.47 Å². The number of carbonyl (C=O) groups is 2. The van der Waals surface area contributed by atoms with Gasteiger partial charge in [0, 0.05) is 0 Å². The summed E-state index contributed by atoms with van der Waals surface area (Å²) in [6, 6.07) is 0. The van der Waals surface area contributed by atoms with Crippen LogP contribution < -0.4 is 18.9 Å². The Morgan fingerprint density at radius 1 is 1.09 bits per heavy atom. The Kier molecular flexibility index (Phi) is 7.37. The number of ether oxygens (including phenoxy) is 2. The van der Waals surface area contributed by atoms with Gasteiger partial charge in [0.05, 0.1) is 0 Å². The van der Waals surface area contributed by atoms with Crippen LogP contribution in [0.1, 0.15) is 1.43 Å². The van der Waals surface area contributed by atoms with Crippen molar-refractivity contribution >= 4 is 11.9 Å². The first-order chi connectivity index (χ1) is 4.72. The van der Waals surface area contributed by atoms with Gasteiger partial charge in [-0.25, -0.2) is 9.59 Å². The van der Waals surface area contributed by atoms with Gasteiger partial charge >= 0.3 is 30.8 Å². The summed E-state index contributed by atoms with van der Waals surface area (Å²) in [5.74, 6) is -3.02. The molecule has 0 bridgehead atoms. The Hall–Kier alpha value is -1.48. The molecular formula is C4HLiN2O4. The topological polar surface area (TPSA) is 100 Å². The second-order valence-electron chi connectivity index (χ2n) is 0.962. The Morgan fingerprint density at radius 2 is 1.36 bits per heavy atom. The number of hydrogen-bond donors (Lipinski definition) is 0. The number of nitrogens with zero attached hydrogens (tertiary/aromatic N) is 2. The first kappa shape index (κ1) is 12.2. The van der Waals surface area contributed by atoms with E-state index in [4.69, 9.17) is 10.5 Å². The Labute approximate surface area is 75.0 Å². The molecule has 0 saturated heterocycles. The van der Waals surface area contributed by atoms with E-state index in [0.29, 0.717) is 0 Å². The van der Waals surface area contributed by atoms with E-state index < -0.39 is 11.9 Å². The molecule has 52 valence electrons. The third-order valence-electron chi connectivity index (χ3n) is 0.443. The molecule has 0 aliphatic carbocycles. The quantitative estimate of drug-likeness (QED) is 0.151. The van der Waals surface area contributed by atoms with Crippen molar-refractivity contribution in [3.05, 3.63) is 0 Å². The van der Waals surface area contributed by atoms with Crippen molar-refractivity contribution in [2.45, 2.75) is 0 Å². The van der Waals surface area contributed by atoms with Gasteiger partial charge < -0.3 is 10.9 Å². The molecule has 0 aliphatic heterocycles. The Balaban J connectivity index is -0.000000405. The van der Waals surface area contributed by atoms with Gasteiger partial charge in [-0.15, -0.1) is 10.5 Å². The molecular weight excluding hydrogens is 147 g/mol. The first-order valence-electron chi connectivity index (χ1n) is 1.92. The third-order valence-corrected chi connectivity index (χ3v) is 0.443. The average Bonchev–Trinajstić information content (AvgIpc) is 1.89. The number of carbonyl (C=O) groups excluding carboxylic acids is 2. The molecule has 0 aromatic rings. The second-order valence-corrected chi connectivity index (χ2v) is 0.962. The summed E-state index contributed by atoms with van der Waals surface area (Å²) in [5, 5.41) is 15.3. The van der Waals surface area contributed by atoms with Gasteiger partial charge in [-0.3, -0.25) is 0 Å². The number of rotatable bonds is 0. The second kappa shape index (κ2) is 6.63. The molecule has 6 nitrogen and oxygen atoms in total. The van der Waals surface area contributed by atoms with Crippen molar-refractivity contribution < 1.29 is 39.4 Å². The summed E-state index contributed by atoms with van der Waals surface area (Å²) in [6.45, 7) is 0. The summed E-state index contributed by atoms with van der Waals surface area (Å²) in [5.41, 5.74) is 0. The summed E-state index contributed by atoms with van der Waals surface area (Å²) in [6.07, 6.45) is 1.89. The minimum absolute atomic E-state index is 0. The number of esters is 2. The van der Waals surface area contributed by atoms with E-state index in [-0.39, 0.29) is 20.3 Å². The molecule has 11 heavy (non-hydrogen) atoms. The van der Waals surface area contributed by atoms with Crippen LogP contribution in [-0.4, -0.2) is 11.9 Å². The maximum Gasteiger partial charge on any atom is 1.00 e. The normalized spacial score (nSPS) is 6.00. The van der Waals surface area contributed by atoms with E-state index in [1.165, 1.54) is 0 Å². The maximum absolute atomic E-state index is 10.1. The van der Waals surface area contributed by atoms with Crippen molar-refractivity contribution in [2.75, 3.05) is 0 Å². The van der Waals surface area contributed by atoms with Crippen LogP contribution >= 0.6 is 0 Å². The zero-order valence-electron chi connectivity index (χ0n) is 6.53. The maximum atomic E-state index is 10.1. The van der Waals surface area contributed by atoms with E-state index in [9.17, 15) is 9.59 Å². The molecule has 0 heterocycles. The molecule has 0 aliphatic rings. The molecule has 0 amide bonds. The van der Waals surface area contributed by atoms with Crippen LogP contribution in [0.2, 0.25) is 0 Å². The van der Waals surface area contributed by atoms with Gasteiger partial charge in [0.2, 0.25) is 0 Å². The fraction of sp³-hybridized carbons (Fsp3) is 0. The third kappa shape index (κ3) is 4.99. The van der Waals surface area contributed by atoms with Gasteiger partial charge in [0.1, 0.15) is 0 Å². The van der Waals surface area contributed by atoms with E-state index in [1.807, 2.05) is 0 Å². The van der Waals surface area contributed by atoms with Crippen LogP contribution in [0.15, 0.2) is 0 Å². The minimum atomic E-state index is -1.51. The fourth-order valence-corrected chi connectivity index (χ4v) is 0.166. The predicted molar refractivity (Wildman–Crippen MR) is 24.5 cm³/mol. The van der Waals surface area contributed by atoms with Gasteiger partial charge in [-0.2, -0.15) is 0 Å². The van der Waals surface area contributed by atoms with E-state index in [0.717, 1.165) is 12.5 Å². The largest absolute Gasteiger partial charge is 1.00 e. The molecule has 0 aromatic carbocycles. The molecule has 0 fully saturated rings. The van der Waals surface area contributed by atoms with Crippen molar-refractivity contribution in [3.8, 4) is 12.5 Å². The molecule has 0 saturated carbocycles. The van der Waals surface area contributed by atoms with Crippen molar-refractivity contribution in [2.24, 2.45) is 0 Å². The predicted octanol–water partition coefficient (Wildman–Crippen LogP) is -3.85. The molecule has 0 N–H and O–H groups in total. The monoisotopic (exact) mass is 148 g/mol. The number of hydrogen-bond acceptors (Lipinski definition) is 6. The van der Waals surface area contributed by atoms with Crippen molar-refractivity contribution in [1.29, 1.82) is 10.5 Å². The Bertz CT molecular complexity index is 216. The van der Waals surface area contributed by atoms with Gasteiger partial charge in [-0.05, 0) is 0 Å². The van der Waals surface area contributed by atoms with E-state index >= 15 is 0 Å². The van der Waals surface area contributed by atoms with Crippen LogP contribution in [-0.2, 0) is 19.1 Å². The summed E-state index contributed by atoms with van der Waals surface area (Å²) < 4.78 is 6.99. The van der Waals surface area contributed by atoms with Gasteiger partial charge in [0.15, 0.2) is 0 Å². The number of nitriles is 2. The van der Waals surface area contributed by atoms with Crippen LogP contribution in [0.4, 0.5) is 0 Å². The molecule has 0 radical (unpaired) electrons. The SMILES string of the molecule is N#COC(=O)C(=O)OC#N.[H-].[Li+]. The molecule has 0 rings (SSSR count).